The zero-order chi connectivity index (χ0) is 19.7. The zero-order valence-electron chi connectivity index (χ0n) is 15.0. The van der Waals surface area contributed by atoms with Crippen LogP contribution in [-0.4, -0.2) is 22.6 Å². The van der Waals surface area contributed by atoms with Gasteiger partial charge in [-0.1, -0.05) is 41.9 Å². The number of rotatable bonds is 4. The van der Waals surface area contributed by atoms with E-state index in [1.165, 1.54) is 5.06 Å². The average molecular weight is 394 g/mol. The van der Waals surface area contributed by atoms with Crippen molar-refractivity contribution in [2.75, 3.05) is 0 Å². The van der Waals surface area contributed by atoms with Crippen molar-refractivity contribution in [2.45, 2.75) is 13.5 Å². The number of carbonyl (C=O) groups excluding carboxylic acids is 1. The Labute approximate surface area is 166 Å². The van der Waals surface area contributed by atoms with Crippen molar-refractivity contribution in [1.29, 1.82) is 5.41 Å². The number of hydrogen-bond donors (Lipinski definition) is 1. The average Bonchev–Trinajstić information content (AvgIpc) is 3.06. The molecule has 0 saturated heterocycles. The maximum Gasteiger partial charge on any atom is 0.282 e. The van der Waals surface area contributed by atoms with Crippen molar-refractivity contribution in [2.24, 2.45) is 4.99 Å². The summed E-state index contributed by atoms with van der Waals surface area (Å²) < 4.78 is 5.76. The first-order valence-corrected chi connectivity index (χ1v) is 8.95. The highest BCUT2D eigenvalue weighted by Crippen LogP contribution is 2.24. The quantitative estimate of drug-likeness (QED) is 0.782. The molecule has 2 heterocycles. The Morgan fingerprint density at radius 1 is 1.21 bits per heavy atom. The molecule has 4 rings (SSSR count). The number of benzene rings is 2. The standard InChI is InChI=1S/C21H16ClN3O3/c1-13-10-19-24-21(26)17(20(23)25(19)28-13)11-14-6-8-16(9-7-14)27-12-15-4-2-3-5-18(15)22/h2-11,23H,12H2,1H3/b17-11+,23-20?. The van der Waals surface area contributed by atoms with Crippen LogP contribution < -0.4 is 4.74 Å². The van der Waals surface area contributed by atoms with E-state index in [-0.39, 0.29) is 11.4 Å². The van der Waals surface area contributed by atoms with E-state index in [0.717, 1.165) is 11.1 Å². The van der Waals surface area contributed by atoms with Crippen LogP contribution in [0.4, 0.5) is 0 Å². The summed E-state index contributed by atoms with van der Waals surface area (Å²) in [6.07, 6.45) is 3.23. The van der Waals surface area contributed by atoms with Crippen LogP contribution in [0.3, 0.4) is 0 Å². The molecule has 2 aliphatic heterocycles. The van der Waals surface area contributed by atoms with Gasteiger partial charge in [0.1, 0.15) is 18.1 Å². The molecule has 0 radical (unpaired) electrons. The van der Waals surface area contributed by atoms with Gasteiger partial charge in [0.05, 0.1) is 5.57 Å². The Kier molecular flexibility index (Phi) is 4.71. The summed E-state index contributed by atoms with van der Waals surface area (Å²) in [5.41, 5.74) is 1.82. The molecule has 1 amide bonds. The van der Waals surface area contributed by atoms with Crippen LogP contribution in [0.5, 0.6) is 5.75 Å². The molecular formula is C21H16ClN3O3. The molecule has 2 aromatic carbocycles. The Balaban J connectivity index is 1.48. The van der Waals surface area contributed by atoms with Gasteiger partial charge in [0.25, 0.3) is 5.91 Å². The van der Waals surface area contributed by atoms with Crippen LogP contribution >= 0.6 is 11.6 Å². The molecule has 0 fully saturated rings. The highest BCUT2D eigenvalue weighted by atomic mass is 35.5. The number of hydroxylamine groups is 2. The largest absolute Gasteiger partial charge is 0.489 e. The number of amidine groups is 2. The van der Waals surface area contributed by atoms with Crippen molar-refractivity contribution < 1.29 is 14.4 Å². The summed E-state index contributed by atoms with van der Waals surface area (Å²) in [6, 6.07) is 14.7. The van der Waals surface area contributed by atoms with Crippen molar-refractivity contribution in [1.82, 2.24) is 5.06 Å². The number of allylic oxidation sites excluding steroid dienone is 1. The lowest BCUT2D eigenvalue weighted by Gasteiger charge is -2.22. The Morgan fingerprint density at radius 3 is 2.71 bits per heavy atom. The second kappa shape index (κ2) is 7.32. The molecule has 0 aliphatic carbocycles. The lowest BCUT2D eigenvalue weighted by molar-refractivity contribution is -0.114. The number of nitrogens with zero attached hydrogens (tertiary/aromatic N) is 2. The predicted octanol–water partition coefficient (Wildman–Crippen LogP) is 4.37. The molecule has 2 aliphatic rings. The van der Waals surface area contributed by atoms with Crippen LogP contribution in [-0.2, 0) is 16.2 Å². The van der Waals surface area contributed by atoms with Gasteiger partial charge < -0.3 is 9.57 Å². The summed E-state index contributed by atoms with van der Waals surface area (Å²) in [5, 5.41) is 10.1. The van der Waals surface area contributed by atoms with Gasteiger partial charge in [0.2, 0.25) is 0 Å². The number of amides is 1. The third kappa shape index (κ3) is 3.54. The molecule has 2 aromatic rings. The molecule has 28 heavy (non-hydrogen) atoms. The smallest absolute Gasteiger partial charge is 0.282 e. The molecule has 0 aromatic heterocycles. The second-order valence-corrected chi connectivity index (χ2v) is 6.68. The predicted molar refractivity (Wildman–Crippen MR) is 107 cm³/mol. The van der Waals surface area contributed by atoms with Gasteiger partial charge in [-0.05, 0) is 36.8 Å². The third-order valence-electron chi connectivity index (χ3n) is 4.22. The maximum atomic E-state index is 12.3. The minimum Gasteiger partial charge on any atom is -0.489 e. The summed E-state index contributed by atoms with van der Waals surface area (Å²) in [4.78, 5) is 21.7. The Hall–Kier alpha value is -3.38. The van der Waals surface area contributed by atoms with E-state index in [2.05, 4.69) is 4.99 Å². The molecule has 0 spiro atoms. The normalized spacial score (nSPS) is 17.2. The highest BCUT2D eigenvalue weighted by molar-refractivity contribution is 6.32. The van der Waals surface area contributed by atoms with E-state index < -0.39 is 5.91 Å². The van der Waals surface area contributed by atoms with Crippen molar-refractivity contribution >= 4 is 35.3 Å². The Bertz CT molecular complexity index is 1050. The van der Waals surface area contributed by atoms with E-state index >= 15 is 0 Å². The van der Waals surface area contributed by atoms with Crippen LogP contribution in [0.1, 0.15) is 18.1 Å². The van der Waals surface area contributed by atoms with E-state index in [4.69, 9.17) is 26.6 Å². The fourth-order valence-electron chi connectivity index (χ4n) is 2.80. The van der Waals surface area contributed by atoms with Gasteiger partial charge in [0.15, 0.2) is 11.7 Å². The number of hydrogen-bond acceptors (Lipinski definition) is 4. The monoisotopic (exact) mass is 393 g/mol. The molecule has 140 valence electrons. The summed E-state index contributed by atoms with van der Waals surface area (Å²) in [5.74, 6) is 1.08. The number of halogens is 1. The number of ether oxygens (including phenoxy) is 1. The molecule has 0 saturated carbocycles. The number of nitrogens with one attached hydrogen (secondary N) is 1. The minimum absolute atomic E-state index is 0.0397. The highest BCUT2D eigenvalue weighted by Gasteiger charge is 2.34. The third-order valence-corrected chi connectivity index (χ3v) is 4.59. The molecule has 0 unspecified atom stereocenters. The van der Waals surface area contributed by atoms with Crippen molar-refractivity contribution in [3.05, 3.63) is 82.1 Å². The van der Waals surface area contributed by atoms with Crippen molar-refractivity contribution in [3.63, 3.8) is 0 Å². The van der Waals surface area contributed by atoms with E-state index in [0.29, 0.717) is 29.0 Å². The number of carbonyl (C=O) groups is 1. The van der Waals surface area contributed by atoms with Crippen molar-refractivity contribution in [3.8, 4) is 5.75 Å². The summed E-state index contributed by atoms with van der Waals surface area (Å²) in [7, 11) is 0. The number of aliphatic imine (C=N–C) groups is 1. The zero-order valence-corrected chi connectivity index (χ0v) is 15.7. The molecule has 7 heteroatoms. The fourth-order valence-corrected chi connectivity index (χ4v) is 2.99. The second-order valence-electron chi connectivity index (χ2n) is 6.27. The SMILES string of the molecule is CC1=CC2=NC(=O)/C(=C/c3ccc(OCc4ccccc4Cl)cc3)C(=N)N2O1. The van der Waals surface area contributed by atoms with E-state index in [1.54, 1.807) is 31.2 Å². The summed E-state index contributed by atoms with van der Waals surface area (Å²) in [6.45, 7) is 2.10. The van der Waals surface area contributed by atoms with Gasteiger partial charge in [0, 0.05) is 16.7 Å². The first kappa shape index (κ1) is 18.0. The van der Waals surface area contributed by atoms with Gasteiger partial charge in [-0.25, -0.2) is 0 Å². The van der Waals surface area contributed by atoms with Gasteiger partial charge in [-0.2, -0.15) is 4.99 Å². The maximum absolute atomic E-state index is 12.3. The first-order chi connectivity index (χ1) is 13.5. The molecular weight excluding hydrogens is 378 g/mol. The van der Waals surface area contributed by atoms with Crippen LogP contribution in [0.2, 0.25) is 5.02 Å². The van der Waals surface area contributed by atoms with E-state index in [9.17, 15) is 4.79 Å². The van der Waals surface area contributed by atoms with E-state index in [1.807, 2.05) is 36.4 Å². The minimum atomic E-state index is -0.468. The molecule has 6 nitrogen and oxygen atoms in total. The first-order valence-electron chi connectivity index (χ1n) is 8.57. The molecule has 1 N–H and O–H groups in total. The molecule has 0 atom stereocenters. The van der Waals surface area contributed by atoms with Gasteiger partial charge in [-0.3, -0.25) is 10.2 Å². The van der Waals surface area contributed by atoms with Crippen LogP contribution in [0.15, 0.2) is 70.9 Å². The fraction of sp³-hybridized carbons (Fsp3) is 0.0952. The van der Waals surface area contributed by atoms with Crippen LogP contribution in [0, 0.1) is 5.41 Å². The van der Waals surface area contributed by atoms with Gasteiger partial charge in [-0.15, -0.1) is 5.06 Å². The van der Waals surface area contributed by atoms with Gasteiger partial charge >= 0.3 is 0 Å². The number of fused-ring (bicyclic) bond motifs is 1. The lowest BCUT2D eigenvalue weighted by Crippen LogP contribution is -2.38. The molecule has 0 bridgehead atoms. The van der Waals surface area contributed by atoms with Crippen LogP contribution in [0.25, 0.3) is 6.08 Å². The lowest BCUT2D eigenvalue weighted by atomic mass is 10.1. The Morgan fingerprint density at radius 2 is 1.96 bits per heavy atom. The summed E-state index contributed by atoms with van der Waals surface area (Å²) >= 11 is 6.13. The topological polar surface area (TPSA) is 75.0 Å².